The molecule has 1 saturated carbocycles. The van der Waals surface area contributed by atoms with Crippen LogP contribution in [0.5, 0.6) is 0 Å². The SMILES string of the molecule is CN=C[C@H]1C[C@@H](N(C)C)CC[C@@H]1n1cc(C(N)=O)c(Nc2ccc(F)cc2)n1. The highest BCUT2D eigenvalue weighted by Crippen LogP contribution is 2.35. The molecule has 1 aliphatic carbocycles. The minimum atomic E-state index is -0.557. The zero-order valence-electron chi connectivity index (χ0n) is 16.5. The van der Waals surface area contributed by atoms with Gasteiger partial charge < -0.3 is 20.9 Å². The molecule has 1 fully saturated rings. The number of nitrogens with one attached hydrogen (secondary N) is 1. The van der Waals surface area contributed by atoms with E-state index < -0.39 is 5.91 Å². The van der Waals surface area contributed by atoms with Crippen molar-refractivity contribution in [1.82, 2.24) is 14.7 Å². The molecule has 1 aromatic carbocycles. The van der Waals surface area contributed by atoms with Crippen molar-refractivity contribution in [2.75, 3.05) is 26.5 Å². The number of aromatic nitrogens is 2. The van der Waals surface area contributed by atoms with Gasteiger partial charge in [-0.3, -0.25) is 9.48 Å². The molecule has 1 aliphatic rings. The van der Waals surface area contributed by atoms with E-state index in [9.17, 15) is 9.18 Å². The van der Waals surface area contributed by atoms with Crippen molar-refractivity contribution in [1.29, 1.82) is 0 Å². The highest BCUT2D eigenvalue weighted by atomic mass is 19.1. The number of carbonyl (C=O) groups is 1. The Morgan fingerprint density at radius 2 is 2.07 bits per heavy atom. The second-order valence-electron chi connectivity index (χ2n) is 7.44. The lowest BCUT2D eigenvalue weighted by atomic mass is 9.81. The maximum Gasteiger partial charge on any atom is 0.254 e. The Balaban J connectivity index is 1.89. The van der Waals surface area contributed by atoms with Crippen LogP contribution in [0.25, 0.3) is 0 Å². The summed E-state index contributed by atoms with van der Waals surface area (Å²) in [5, 5.41) is 7.68. The molecule has 3 N–H and O–H groups in total. The third-order valence-electron chi connectivity index (χ3n) is 5.35. The molecule has 3 atom stereocenters. The van der Waals surface area contributed by atoms with Crippen molar-refractivity contribution in [3.05, 3.63) is 41.8 Å². The zero-order valence-corrected chi connectivity index (χ0v) is 16.5. The van der Waals surface area contributed by atoms with E-state index in [1.54, 1.807) is 25.4 Å². The topological polar surface area (TPSA) is 88.5 Å². The zero-order chi connectivity index (χ0) is 20.3. The highest BCUT2D eigenvalue weighted by molar-refractivity contribution is 5.98. The van der Waals surface area contributed by atoms with Gasteiger partial charge in [0.25, 0.3) is 5.91 Å². The molecule has 0 aliphatic heterocycles. The second kappa shape index (κ2) is 8.52. The van der Waals surface area contributed by atoms with Crippen LogP contribution < -0.4 is 11.1 Å². The number of hydrogen-bond acceptors (Lipinski definition) is 5. The number of nitrogens with two attached hydrogens (primary N) is 1. The maximum absolute atomic E-state index is 13.1. The molecule has 0 saturated heterocycles. The van der Waals surface area contributed by atoms with Crippen molar-refractivity contribution in [3.63, 3.8) is 0 Å². The largest absolute Gasteiger partial charge is 0.365 e. The van der Waals surface area contributed by atoms with E-state index >= 15 is 0 Å². The first kappa shape index (κ1) is 20.0. The molecule has 1 aromatic heterocycles. The third kappa shape index (κ3) is 4.39. The molecule has 2 aromatic rings. The van der Waals surface area contributed by atoms with Gasteiger partial charge in [-0.15, -0.1) is 0 Å². The van der Waals surface area contributed by atoms with E-state index in [2.05, 4.69) is 34.4 Å². The monoisotopic (exact) mass is 386 g/mol. The van der Waals surface area contributed by atoms with Gasteiger partial charge in [0, 0.05) is 37.1 Å². The van der Waals surface area contributed by atoms with Crippen LogP contribution in [0.1, 0.15) is 35.7 Å². The molecule has 28 heavy (non-hydrogen) atoms. The fourth-order valence-corrected chi connectivity index (χ4v) is 3.82. The van der Waals surface area contributed by atoms with Crippen LogP contribution in [-0.4, -0.2) is 54.0 Å². The average Bonchev–Trinajstić information content (AvgIpc) is 3.07. The fraction of sp³-hybridized carbons (Fsp3) is 0.450. The number of amides is 1. The van der Waals surface area contributed by atoms with Crippen molar-refractivity contribution in [2.45, 2.75) is 31.3 Å². The van der Waals surface area contributed by atoms with Gasteiger partial charge in [0.15, 0.2) is 5.82 Å². The third-order valence-corrected chi connectivity index (χ3v) is 5.35. The average molecular weight is 386 g/mol. The van der Waals surface area contributed by atoms with Gasteiger partial charge in [0.1, 0.15) is 11.4 Å². The van der Waals surface area contributed by atoms with E-state index in [0.717, 1.165) is 19.3 Å². The minimum absolute atomic E-state index is 0.0989. The van der Waals surface area contributed by atoms with Crippen LogP contribution in [-0.2, 0) is 0 Å². The van der Waals surface area contributed by atoms with Gasteiger partial charge in [0.05, 0.1) is 6.04 Å². The molecule has 1 heterocycles. The summed E-state index contributed by atoms with van der Waals surface area (Å²) < 4.78 is 15.0. The first-order chi connectivity index (χ1) is 13.4. The van der Waals surface area contributed by atoms with Crippen molar-refractivity contribution < 1.29 is 9.18 Å². The Hall–Kier alpha value is -2.74. The summed E-state index contributed by atoms with van der Waals surface area (Å²) in [7, 11) is 5.96. The van der Waals surface area contributed by atoms with E-state index in [-0.39, 0.29) is 17.8 Å². The van der Waals surface area contributed by atoms with Crippen LogP contribution in [0, 0.1) is 11.7 Å². The molecule has 3 rings (SSSR count). The summed E-state index contributed by atoms with van der Waals surface area (Å²) in [6.45, 7) is 0. The number of nitrogens with zero attached hydrogens (tertiary/aromatic N) is 4. The van der Waals surface area contributed by atoms with E-state index in [1.807, 2.05) is 10.9 Å². The van der Waals surface area contributed by atoms with E-state index in [1.165, 1.54) is 12.1 Å². The van der Waals surface area contributed by atoms with E-state index in [4.69, 9.17) is 5.73 Å². The number of halogens is 1. The second-order valence-corrected chi connectivity index (χ2v) is 7.44. The molecule has 0 bridgehead atoms. The van der Waals surface area contributed by atoms with Gasteiger partial charge >= 0.3 is 0 Å². The number of carbonyl (C=O) groups excluding carboxylic acids is 1. The molecule has 0 radical (unpaired) electrons. The Labute approximate surface area is 164 Å². The molecule has 8 heteroatoms. The van der Waals surface area contributed by atoms with Crippen LogP contribution >= 0.6 is 0 Å². The normalized spacial score (nSPS) is 22.7. The first-order valence-corrected chi connectivity index (χ1v) is 9.39. The number of hydrogen-bond donors (Lipinski definition) is 2. The van der Waals surface area contributed by atoms with Crippen molar-refractivity contribution in [2.24, 2.45) is 16.6 Å². The quantitative estimate of drug-likeness (QED) is 0.747. The standard InChI is InChI=1S/C20H27FN6O/c1-23-11-13-10-16(26(2)3)8-9-18(13)27-12-17(19(22)28)20(25-27)24-15-6-4-14(21)5-7-15/h4-7,11-13,16,18H,8-10H2,1-3H3,(H2,22,28)(H,24,25)/t13-,16+,18+/m1/s1. The number of benzene rings is 1. The van der Waals surface area contributed by atoms with Crippen LogP contribution in [0.4, 0.5) is 15.9 Å². The summed E-state index contributed by atoms with van der Waals surface area (Å²) in [4.78, 5) is 18.4. The van der Waals surface area contributed by atoms with Crippen molar-refractivity contribution >= 4 is 23.6 Å². The minimum Gasteiger partial charge on any atom is -0.365 e. The summed E-state index contributed by atoms with van der Waals surface area (Å²) in [5.41, 5.74) is 6.51. The maximum atomic E-state index is 13.1. The van der Waals surface area contributed by atoms with Gasteiger partial charge in [-0.1, -0.05) is 0 Å². The molecular weight excluding hydrogens is 359 g/mol. The number of rotatable bonds is 6. The predicted molar refractivity (Wildman–Crippen MR) is 109 cm³/mol. The summed E-state index contributed by atoms with van der Waals surface area (Å²) in [6, 6.07) is 6.46. The van der Waals surface area contributed by atoms with Crippen LogP contribution in [0.3, 0.4) is 0 Å². The predicted octanol–water partition coefficient (Wildman–Crippen LogP) is 2.84. The first-order valence-electron chi connectivity index (χ1n) is 9.39. The Morgan fingerprint density at radius 1 is 1.36 bits per heavy atom. The molecule has 1 amide bonds. The van der Waals surface area contributed by atoms with Gasteiger partial charge in [-0.2, -0.15) is 5.10 Å². The molecule has 0 unspecified atom stereocenters. The molecule has 7 nitrogen and oxygen atoms in total. The number of anilines is 2. The Bertz CT molecular complexity index is 845. The summed E-state index contributed by atoms with van der Waals surface area (Å²) >= 11 is 0. The lowest BCUT2D eigenvalue weighted by Gasteiger charge is -2.37. The van der Waals surface area contributed by atoms with Gasteiger partial charge in [0.2, 0.25) is 0 Å². The number of primary amides is 1. The van der Waals surface area contributed by atoms with Crippen LogP contribution in [0.15, 0.2) is 35.5 Å². The van der Waals surface area contributed by atoms with Crippen LogP contribution in [0.2, 0.25) is 0 Å². The smallest absolute Gasteiger partial charge is 0.254 e. The van der Waals surface area contributed by atoms with Crippen molar-refractivity contribution in [3.8, 4) is 0 Å². The summed E-state index contributed by atoms with van der Waals surface area (Å²) in [5.74, 6) is -0.296. The molecule has 0 spiro atoms. The molecule has 150 valence electrons. The fourth-order valence-electron chi connectivity index (χ4n) is 3.82. The van der Waals surface area contributed by atoms with E-state index in [0.29, 0.717) is 23.1 Å². The number of aliphatic imine (C=N–C) groups is 1. The lowest BCUT2D eigenvalue weighted by molar-refractivity contribution is 0.100. The summed E-state index contributed by atoms with van der Waals surface area (Å²) in [6.07, 6.45) is 6.61. The highest BCUT2D eigenvalue weighted by Gasteiger charge is 2.33. The molecular formula is C20H27FN6O. The lowest BCUT2D eigenvalue weighted by Crippen LogP contribution is -2.38. The Morgan fingerprint density at radius 3 is 2.68 bits per heavy atom. The van der Waals surface area contributed by atoms with Gasteiger partial charge in [-0.05, 0) is 57.6 Å². The Kier molecular flexibility index (Phi) is 6.08. The van der Waals surface area contributed by atoms with Gasteiger partial charge in [-0.25, -0.2) is 4.39 Å².